The fraction of sp³-hybridized carbons (Fsp3) is 0.333. The SMILES string of the molecule is CN1CCN(CC(=O)Nc2cccc3c2Cc2c(-c4ccsc4)n[nH]c2-3)CC1. The molecule has 5 rings (SSSR count). The van der Waals surface area contributed by atoms with Crippen molar-refractivity contribution in [2.45, 2.75) is 6.42 Å². The molecule has 0 radical (unpaired) electrons. The van der Waals surface area contributed by atoms with Crippen LogP contribution in [0.2, 0.25) is 0 Å². The van der Waals surface area contributed by atoms with E-state index in [4.69, 9.17) is 0 Å². The van der Waals surface area contributed by atoms with E-state index in [1.54, 1.807) is 11.3 Å². The number of hydrogen-bond acceptors (Lipinski definition) is 5. The van der Waals surface area contributed by atoms with Gasteiger partial charge in [-0.1, -0.05) is 12.1 Å². The second kappa shape index (κ2) is 7.16. The minimum Gasteiger partial charge on any atom is -0.325 e. The zero-order valence-electron chi connectivity index (χ0n) is 15.9. The number of fused-ring (bicyclic) bond motifs is 3. The molecule has 0 unspecified atom stereocenters. The molecule has 2 aromatic heterocycles. The van der Waals surface area contributed by atoms with E-state index in [0.717, 1.165) is 60.8 Å². The predicted octanol–water partition coefficient (Wildman–Crippen LogP) is 2.90. The first-order valence-electron chi connectivity index (χ1n) is 9.62. The van der Waals surface area contributed by atoms with Crippen molar-refractivity contribution >= 4 is 22.9 Å². The van der Waals surface area contributed by atoms with Crippen molar-refractivity contribution in [3.63, 3.8) is 0 Å². The summed E-state index contributed by atoms with van der Waals surface area (Å²) in [5.74, 6) is 0.0599. The number of nitrogens with one attached hydrogen (secondary N) is 2. The molecule has 2 N–H and O–H groups in total. The van der Waals surface area contributed by atoms with Crippen LogP contribution in [0.15, 0.2) is 35.0 Å². The number of H-pyrrole nitrogens is 1. The highest BCUT2D eigenvalue weighted by Crippen LogP contribution is 2.43. The average molecular weight is 394 g/mol. The molecule has 0 atom stereocenters. The highest BCUT2D eigenvalue weighted by molar-refractivity contribution is 7.08. The van der Waals surface area contributed by atoms with Crippen molar-refractivity contribution in [2.75, 3.05) is 45.1 Å². The van der Waals surface area contributed by atoms with Crippen LogP contribution in [0.3, 0.4) is 0 Å². The number of rotatable bonds is 4. The number of hydrogen-bond donors (Lipinski definition) is 2. The van der Waals surface area contributed by atoms with E-state index in [-0.39, 0.29) is 5.91 Å². The minimum atomic E-state index is 0.0599. The van der Waals surface area contributed by atoms with Crippen molar-refractivity contribution in [3.05, 3.63) is 46.2 Å². The number of aromatic amines is 1. The number of anilines is 1. The maximum Gasteiger partial charge on any atom is 0.238 e. The lowest BCUT2D eigenvalue weighted by Gasteiger charge is -2.31. The van der Waals surface area contributed by atoms with Gasteiger partial charge in [0, 0.05) is 60.4 Å². The highest BCUT2D eigenvalue weighted by Gasteiger charge is 2.27. The first kappa shape index (κ1) is 17.6. The Labute approximate surface area is 168 Å². The Bertz CT molecular complexity index is 1000. The van der Waals surface area contributed by atoms with Crippen LogP contribution in [0.4, 0.5) is 5.69 Å². The predicted molar refractivity (Wildman–Crippen MR) is 113 cm³/mol. The van der Waals surface area contributed by atoms with E-state index in [1.165, 1.54) is 11.1 Å². The van der Waals surface area contributed by atoms with Gasteiger partial charge in [-0.3, -0.25) is 14.8 Å². The summed E-state index contributed by atoms with van der Waals surface area (Å²) in [5, 5.41) is 15.1. The molecule has 1 fully saturated rings. The molecule has 3 aromatic rings. The Kier molecular flexibility index (Phi) is 4.50. The number of likely N-dealkylation sites (N-methyl/N-ethyl adjacent to an activating group) is 1. The number of thiophene rings is 1. The van der Waals surface area contributed by atoms with E-state index >= 15 is 0 Å². The van der Waals surface area contributed by atoms with Crippen molar-refractivity contribution in [2.24, 2.45) is 0 Å². The van der Waals surface area contributed by atoms with Crippen LogP contribution in [0.25, 0.3) is 22.5 Å². The summed E-state index contributed by atoms with van der Waals surface area (Å²) >= 11 is 1.68. The summed E-state index contributed by atoms with van der Waals surface area (Å²) in [5.41, 5.74) is 7.69. The molecule has 0 spiro atoms. The second-order valence-corrected chi connectivity index (χ2v) is 8.35. The maximum absolute atomic E-state index is 12.6. The third-order valence-corrected chi connectivity index (χ3v) is 6.38. The molecule has 28 heavy (non-hydrogen) atoms. The Morgan fingerprint density at radius 2 is 2.07 bits per heavy atom. The van der Waals surface area contributed by atoms with Gasteiger partial charge in [-0.15, -0.1) is 0 Å². The summed E-state index contributed by atoms with van der Waals surface area (Å²) in [6, 6.07) is 8.21. The number of aromatic nitrogens is 2. The first-order chi connectivity index (χ1) is 13.7. The van der Waals surface area contributed by atoms with Gasteiger partial charge in [0.15, 0.2) is 0 Å². The molecule has 1 amide bonds. The van der Waals surface area contributed by atoms with Crippen LogP contribution < -0.4 is 5.32 Å². The Morgan fingerprint density at radius 3 is 2.86 bits per heavy atom. The lowest BCUT2D eigenvalue weighted by Crippen LogP contribution is -2.47. The van der Waals surface area contributed by atoms with Gasteiger partial charge < -0.3 is 10.2 Å². The summed E-state index contributed by atoms with van der Waals surface area (Å²) in [6.45, 7) is 4.36. The van der Waals surface area contributed by atoms with E-state index in [9.17, 15) is 4.79 Å². The highest BCUT2D eigenvalue weighted by atomic mass is 32.1. The number of amides is 1. The molecule has 1 aliphatic carbocycles. The fourth-order valence-corrected chi connectivity index (χ4v) is 4.74. The molecule has 1 aliphatic heterocycles. The Hall–Kier alpha value is -2.48. The van der Waals surface area contributed by atoms with E-state index < -0.39 is 0 Å². The Balaban J connectivity index is 1.34. The van der Waals surface area contributed by atoms with Crippen LogP contribution in [-0.2, 0) is 11.2 Å². The molecule has 144 valence electrons. The summed E-state index contributed by atoms with van der Waals surface area (Å²) in [4.78, 5) is 17.2. The van der Waals surface area contributed by atoms with Gasteiger partial charge >= 0.3 is 0 Å². The standard InChI is InChI=1S/C21H23N5OS/c1-25-6-8-26(9-7-25)12-19(27)22-18-4-2-3-15-16(18)11-17-20(23-24-21(15)17)14-5-10-28-13-14/h2-5,10,13H,6-9,11-12H2,1H3,(H,22,27)(H,23,24). The monoisotopic (exact) mass is 393 g/mol. The van der Waals surface area contributed by atoms with E-state index in [1.807, 2.05) is 12.1 Å². The molecule has 3 heterocycles. The molecule has 2 aliphatic rings. The van der Waals surface area contributed by atoms with Crippen molar-refractivity contribution in [1.82, 2.24) is 20.0 Å². The van der Waals surface area contributed by atoms with Gasteiger partial charge in [0.1, 0.15) is 0 Å². The normalized spacial score (nSPS) is 16.8. The van der Waals surface area contributed by atoms with Gasteiger partial charge in [0.05, 0.1) is 17.9 Å². The zero-order chi connectivity index (χ0) is 19.1. The van der Waals surface area contributed by atoms with E-state index in [2.05, 4.69) is 55.3 Å². The van der Waals surface area contributed by atoms with Gasteiger partial charge in [-0.25, -0.2) is 0 Å². The molecule has 7 heteroatoms. The zero-order valence-corrected chi connectivity index (χ0v) is 16.7. The maximum atomic E-state index is 12.6. The van der Waals surface area contributed by atoms with Crippen LogP contribution >= 0.6 is 11.3 Å². The summed E-state index contributed by atoms with van der Waals surface area (Å²) in [6.07, 6.45) is 0.789. The quantitative estimate of drug-likeness (QED) is 0.560. The molecule has 1 saturated heterocycles. The second-order valence-electron chi connectivity index (χ2n) is 7.57. The number of carbonyl (C=O) groups is 1. The van der Waals surface area contributed by atoms with Crippen LogP contribution in [0.1, 0.15) is 11.1 Å². The lowest BCUT2D eigenvalue weighted by molar-refractivity contribution is -0.117. The molecule has 0 saturated carbocycles. The molecular formula is C21H23N5OS. The number of nitrogens with zero attached hydrogens (tertiary/aromatic N) is 3. The van der Waals surface area contributed by atoms with Crippen LogP contribution in [-0.4, -0.2) is 65.7 Å². The van der Waals surface area contributed by atoms with Gasteiger partial charge in [0.2, 0.25) is 5.91 Å². The van der Waals surface area contributed by atoms with Crippen molar-refractivity contribution < 1.29 is 4.79 Å². The molecule has 0 bridgehead atoms. The third kappa shape index (κ3) is 3.15. The van der Waals surface area contributed by atoms with Gasteiger partial charge in [-0.2, -0.15) is 16.4 Å². The minimum absolute atomic E-state index is 0.0599. The first-order valence-corrected chi connectivity index (χ1v) is 10.6. The van der Waals surface area contributed by atoms with Gasteiger partial charge in [0.25, 0.3) is 0 Å². The van der Waals surface area contributed by atoms with Gasteiger partial charge in [-0.05, 0) is 30.1 Å². The summed E-state index contributed by atoms with van der Waals surface area (Å²) in [7, 11) is 2.12. The molecule has 6 nitrogen and oxygen atoms in total. The molecule has 1 aromatic carbocycles. The number of benzene rings is 1. The molecular weight excluding hydrogens is 370 g/mol. The fourth-order valence-electron chi connectivity index (χ4n) is 4.10. The van der Waals surface area contributed by atoms with Crippen molar-refractivity contribution in [1.29, 1.82) is 0 Å². The van der Waals surface area contributed by atoms with Crippen LogP contribution in [0.5, 0.6) is 0 Å². The Morgan fingerprint density at radius 1 is 1.21 bits per heavy atom. The largest absolute Gasteiger partial charge is 0.325 e. The van der Waals surface area contributed by atoms with E-state index in [0.29, 0.717) is 6.54 Å². The summed E-state index contributed by atoms with van der Waals surface area (Å²) < 4.78 is 0. The van der Waals surface area contributed by atoms with Crippen LogP contribution in [0, 0.1) is 0 Å². The third-order valence-electron chi connectivity index (χ3n) is 5.70. The average Bonchev–Trinajstić information content (AvgIpc) is 3.40. The lowest BCUT2D eigenvalue weighted by atomic mass is 10.1. The number of carbonyl (C=O) groups excluding carboxylic acids is 1. The van der Waals surface area contributed by atoms with Crippen molar-refractivity contribution in [3.8, 4) is 22.5 Å². The number of piperazine rings is 1. The topological polar surface area (TPSA) is 64.3 Å². The smallest absolute Gasteiger partial charge is 0.238 e.